The molecule has 0 bridgehead atoms. The van der Waals surface area contributed by atoms with Crippen molar-refractivity contribution < 1.29 is 4.79 Å². The number of aromatic nitrogens is 3. The number of fused-ring (bicyclic) bond motifs is 2. The molecule has 2 aliphatic rings. The molecule has 1 aliphatic heterocycles. The van der Waals surface area contributed by atoms with E-state index in [4.69, 9.17) is 16.6 Å². The molecule has 0 atom stereocenters. The number of pyridine rings is 1. The monoisotopic (exact) mass is 432 g/mol. The van der Waals surface area contributed by atoms with Gasteiger partial charge in [-0.05, 0) is 67.0 Å². The average Bonchev–Trinajstić information content (AvgIpc) is 3.26. The number of nitrogens with zero attached hydrogens (tertiary/aromatic N) is 3. The predicted molar refractivity (Wildman–Crippen MR) is 122 cm³/mol. The van der Waals surface area contributed by atoms with E-state index in [0.29, 0.717) is 12.8 Å². The molecule has 1 fully saturated rings. The molecule has 5 nitrogen and oxygen atoms in total. The lowest BCUT2D eigenvalue weighted by Gasteiger charge is -2.30. The summed E-state index contributed by atoms with van der Waals surface area (Å²) in [6.07, 6.45) is 10.3. The van der Waals surface area contributed by atoms with Crippen LogP contribution in [-0.4, -0.2) is 38.8 Å². The fourth-order valence-corrected chi connectivity index (χ4v) is 4.92. The Labute approximate surface area is 187 Å². The molecule has 0 radical (unpaired) electrons. The Morgan fingerprint density at radius 1 is 1.06 bits per heavy atom. The minimum Gasteiger partial charge on any atom is -0.351 e. The molecule has 0 spiro atoms. The van der Waals surface area contributed by atoms with Crippen LogP contribution in [0.25, 0.3) is 5.57 Å². The normalized spacial score (nSPS) is 16.0. The van der Waals surface area contributed by atoms with Crippen molar-refractivity contribution in [2.75, 3.05) is 13.1 Å². The molecule has 1 aromatic carbocycles. The SMILES string of the molecule is O=C(CCc1c[nH]cn1)N1CCC(=C2c3ccc(Cl)cc3CCc3cccnc32)CC1. The van der Waals surface area contributed by atoms with E-state index in [1.807, 2.05) is 29.4 Å². The van der Waals surface area contributed by atoms with Crippen LogP contribution in [0.15, 0.2) is 54.6 Å². The topological polar surface area (TPSA) is 61.9 Å². The van der Waals surface area contributed by atoms with Crippen LogP contribution in [0, 0.1) is 0 Å². The van der Waals surface area contributed by atoms with Crippen molar-refractivity contribution in [3.8, 4) is 0 Å². The summed E-state index contributed by atoms with van der Waals surface area (Å²) in [4.78, 5) is 26.7. The van der Waals surface area contributed by atoms with Crippen molar-refractivity contribution in [1.82, 2.24) is 19.9 Å². The largest absolute Gasteiger partial charge is 0.351 e. The van der Waals surface area contributed by atoms with E-state index in [0.717, 1.165) is 55.2 Å². The van der Waals surface area contributed by atoms with Gasteiger partial charge in [0.15, 0.2) is 0 Å². The number of rotatable bonds is 3. The number of aryl methyl sites for hydroxylation is 3. The first-order chi connectivity index (χ1) is 15.2. The van der Waals surface area contributed by atoms with Gasteiger partial charge in [-0.25, -0.2) is 4.98 Å². The van der Waals surface area contributed by atoms with Gasteiger partial charge in [0.2, 0.25) is 5.91 Å². The number of piperidine rings is 1. The van der Waals surface area contributed by atoms with E-state index in [1.54, 1.807) is 6.33 Å². The maximum absolute atomic E-state index is 12.7. The first-order valence-electron chi connectivity index (χ1n) is 10.9. The fraction of sp³-hybridized carbons (Fsp3) is 0.320. The number of aromatic amines is 1. The highest BCUT2D eigenvalue weighted by atomic mass is 35.5. The third-order valence-electron chi connectivity index (χ3n) is 6.35. The van der Waals surface area contributed by atoms with E-state index >= 15 is 0 Å². The van der Waals surface area contributed by atoms with Crippen LogP contribution in [0.4, 0.5) is 0 Å². The predicted octanol–water partition coefficient (Wildman–Crippen LogP) is 4.61. The third-order valence-corrected chi connectivity index (χ3v) is 6.59. The number of likely N-dealkylation sites (tertiary alicyclic amines) is 1. The number of benzene rings is 1. The molecule has 0 saturated carbocycles. The number of nitrogens with one attached hydrogen (secondary N) is 1. The molecule has 1 N–H and O–H groups in total. The van der Waals surface area contributed by atoms with Crippen LogP contribution in [0.1, 0.15) is 47.3 Å². The van der Waals surface area contributed by atoms with Crippen LogP contribution in [0.2, 0.25) is 5.02 Å². The van der Waals surface area contributed by atoms with Crippen LogP contribution < -0.4 is 0 Å². The van der Waals surface area contributed by atoms with Crippen molar-refractivity contribution in [3.63, 3.8) is 0 Å². The standard InChI is InChI=1S/C25H25ClN4O/c26-20-5-7-22-19(14-20)4-3-18-2-1-11-28-25(18)24(22)17-9-12-30(13-10-17)23(31)8-6-21-15-27-16-29-21/h1-2,5,7,11,14-16H,3-4,6,8-10,12-13H2,(H,27,29). The lowest BCUT2D eigenvalue weighted by Crippen LogP contribution is -2.36. The zero-order chi connectivity index (χ0) is 21.2. The average molecular weight is 433 g/mol. The first kappa shape index (κ1) is 20.0. The van der Waals surface area contributed by atoms with Gasteiger partial charge in [0.1, 0.15) is 0 Å². The number of halogens is 1. The number of carbonyl (C=O) groups excluding carboxylic acids is 1. The molecule has 3 heterocycles. The molecule has 5 rings (SSSR count). The van der Waals surface area contributed by atoms with Gasteiger partial charge < -0.3 is 9.88 Å². The summed E-state index contributed by atoms with van der Waals surface area (Å²) in [5.74, 6) is 0.207. The molecular weight excluding hydrogens is 408 g/mol. The Hall–Kier alpha value is -2.92. The van der Waals surface area contributed by atoms with Crippen molar-refractivity contribution >= 4 is 23.1 Å². The quantitative estimate of drug-likeness (QED) is 0.657. The first-order valence-corrected chi connectivity index (χ1v) is 11.3. The molecule has 2 aromatic heterocycles. The second-order valence-corrected chi connectivity index (χ2v) is 8.67. The van der Waals surface area contributed by atoms with Crippen LogP contribution in [-0.2, 0) is 24.1 Å². The Morgan fingerprint density at radius 3 is 2.71 bits per heavy atom. The minimum atomic E-state index is 0.207. The zero-order valence-corrected chi connectivity index (χ0v) is 18.2. The van der Waals surface area contributed by atoms with Gasteiger partial charge in [0.05, 0.1) is 17.7 Å². The lowest BCUT2D eigenvalue weighted by molar-refractivity contribution is -0.131. The van der Waals surface area contributed by atoms with Gasteiger partial charge in [-0.15, -0.1) is 0 Å². The van der Waals surface area contributed by atoms with Crippen molar-refractivity contribution in [3.05, 3.63) is 87.7 Å². The summed E-state index contributed by atoms with van der Waals surface area (Å²) < 4.78 is 0. The van der Waals surface area contributed by atoms with Gasteiger partial charge in [-0.3, -0.25) is 9.78 Å². The van der Waals surface area contributed by atoms with E-state index in [2.05, 4.69) is 28.2 Å². The summed E-state index contributed by atoms with van der Waals surface area (Å²) in [7, 11) is 0. The molecule has 31 heavy (non-hydrogen) atoms. The Bertz CT molecular complexity index is 1130. The number of amides is 1. The van der Waals surface area contributed by atoms with Gasteiger partial charge in [-0.2, -0.15) is 0 Å². The Morgan fingerprint density at radius 2 is 1.90 bits per heavy atom. The highest BCUT2D eigenvalue weighted by molar-refractivity contribution is 6.30. The molecule has 0 unspecified atom stereocenters. The molecule has 1 aliphatic carbocycles. The zero-order valence-electron chi connectivity index (χ0n) is 17.4. The number of imidazole rings is 1. The van der Waals surface area contributed by atoms with E-state index in [-0.39, 0.29) is 5.91 Å². The summed E-state index contributed by atoms with van der Waals surface area (Å²) in [6, 6.07) is 10.4. The Kier molecular flexibility index (Phi) is 5.60. The molecule has 6 heteroatoms. The number of H-pyrrole nitrogens is 1. The van der Waals surface area contributed by atoms with E-state index in [9.17, 15) is 4.79 Å². The molecule has 1 amide bonds. The lowest BCUT2D eigenvalue weighted by atomic mass is 9.88. The summed E-state index contributed by atoms with van der Waals surface area (Å²) in [5.41, 5.74) is 8.49. The van der Waals surface area contributed by atoms with Gasteiger partial charge in [0.25, 0.3) is 0 Å². The number of hydrogen-bond acceptors (Lipinski definition) is 3. The molecule has 3 aromatic rings. The summed E-state index contributed by atoms with van der Waals surface area (Å²) >= 11 is 6.31. The fourth-order valence-electron chi connectivity index (χ4n) is 4.73. The highest BCUT2D eigenvalue weighted by Gasteiger charge is 2.26. The van der Waals surface area contributed by atoms with Crippen LogP contribution in [0.3, 0.4) is 0 Å². The smallest absolute Gasteiger partial charge is 0.222 e. The van der Waals surface area contributed by atoms with Gasteiger partial charge in [0, 0.05) is 42.5 Å². The number of carbonyl (C=O) groups is 1. The second-order valence-electron chi connectivity index (χ2n) is 8.23. The Balaban J connectivity index is 1.40. The summed E-state index contributed by atoms with van der Waals surface area (Å²) in [5, 5.41) is 0.777. The van der Waals surface area contributed by atoms with Gasteiger partial charge in [-0.1, -0.05) is 29.3 Å². The van der Waals surface area contributed by atoms with Crippen molar-refractivity contribution in [2.24, 2.45) is 0 Å². The molecular formula is C25H25ClN4O. The van der Waals surface area contributed by atoms with E-state index < -0.39 is 0 Å². The van der Waals surface area contributed by atoms with E-state index in [1.165, 1.54) is 27.8 Å². The summed E-state index contributed by atoms with van der Waals surface area (Å²) in [6.45, 7) is 1.51. The molecule has 1 saturated heterocycles. The minimum absolute atomic E-state index is 0.207. The van der Waals surface area contributed by atoms with Crippen molar-refractivity contribution in [2.45, 2.75) is 38.5 Å². The van der Waals surface area contributed by atoms with Gasteiger partial charge >= 0.3 is 0 Å². The highest BCUT2D eigenvalue weighted by Crippen LogP contribution is 2.38. The second kappa shape index (κ2) is 8.67. The molecule has 158 valence electrons. The van der Waals surface area contributed by atoms with Crippen LogP contribution in [0.5, 0.6) is 0 Å². The van der Waals surface area contributed by atoms with Crippen molar-refractivity contribution in [1.29, 1.82) is 0 Å². The van der Waals surface area contributed by atoms with Crippen LogP contribution >= 0.6 is 11.6 Å². The third kappa shape index (κ3) is 4.15. The maximum Gasteiger partial charge on any atom is 0.222 e. The maximum atomic E-state index is 12.7. The number of hydrogen-bond donors (Lipinski definition) is 1.